The van der Waals surface area contributed by atoms with Crippen molar-refractivity contribution in [3.63, 3.8) is 0 Å². The molecule has 0 bridgehead atoms. The third-order valence-electron chi connectivity index (χ3n) is 14.8. The summed E-state index contributed by atoms with van der Waals surface area (Å²) in [5.41, 5.74) is 4.13. The van der Waals surface area contributed by atoms with Gasteiger partial charge in [-0.25, -0.2) is 4.98 Å². The zero-order chi connectivity index (χ0) is 53.2. The molecule has 2 N–H and O–H groups in total. The summed E-state index contributed by atoms with van der Waals surface area (Å²) in [4.78, 5) is 85.3. The highest BCUT2D eigenvalue weighted by molar-refractivity contribution is 6.31. The average molecular weight is 1050 g/mol. The molecule has 15 nitrogen and oxygen atoms in total. The zero-order valence-corrected chi connectivity index (χ0v) is 45.2. The SMILES string of the molecule is COC[C@@H]1NC(=O)[C@H](C)N(Cc2ccc(Cl)cc2Oc2ccc(-c3cnc([C@H](C)N(C)C)n3C)cc2)C(=O)C[C@@H](Cc2ccccc2)C(=O)N(C)[C@H]2CCCC[C@@H]2NC(=O)C[C@H](Cc2ccc(Cl)cc2)N(C)C1=O. The van der Waals surface area contributed by atoms with Crippen molar-refractivity contribution in [2.24, 2.45) is 13.0 Å². The van der Waals surface area contributed by atoms with Crippen molar-refractivity contribution in [3.05, 3.63) is 136 Å². The van der Waals surface area contributed by atoms with Crippen molar-refractivity contribution in [2.45, 2.75) is 108 Å². The highest BCUT2D eigenvalue weighted by atomic mass is 35.5. The maximum absolute atomic E-state index is 15.3. The van der Waals surface area contributed by atoms with E-state index in [9.17, 15) is 14.4 Å². The Kier molecular flexibility index (Phi) is 19.0. The maximum atomic E-state index is 15.3. The molecule has 1 saturated heterocycles. The Balaban J connectivity index is 1.25. The molecule has 0 unspecified atom stereocenters. The van der Waals surface area contributed by atoms with Gasteiger partial charge in [0.05, 0.1) is 43.0 Å². The number of imidazole rings is 1. The van der Waals surface area contributed by atoms with Crippen LogP contribution in [0.25, 0.3) is 11.3 Å². The molecule has 1 aromatic heterocycles. The number of likely N-dealkylation sites (N-methyl/N-ethyl adjacent to an activating group) is 2. The minimum absolute atomic E-state index is 0.0496. The highest BCUT2D eigenvalue weighted by Crippen LogP contribution is 2.34. The molecule has 1 aliphatic heterocycles. The van der Waals surface area contributed by atoms with Gasteiger partial charge in [-0.05, 0) is 113 Å². The topological polar surface area (TPSA) is 159 Å². The molecule has 1 aliphatic carbocycles. The van der Waals surface area contributed by atoms with Gasteiger partial charge in [-0.1, -0.05) is 84.6 Å². The molecular formula is C57H70Cl2N8O7. The minimum Gasteiger partial charge on any atom is -0.457 e. The molecule has 0 radical (unpaired) electrons. The number of methoxy groups -OCH3 is 1. The van der Waals surface area contributed by atoms with Crippen LogP contribution in [0.3, 0.4) is 0 Å². The number of fused-ring (bicyclic) bond motifs is 1. The van der Waals surface area contributed by atoms with Gasteiger partial charge in [-0.2, -0.15) is 0 Å². The van der Waals surface area contributed by atoms with Gasteiger partial charge >= 0.3 is 0 Å². The summed E-state index contributed by atoms with van der Waals surface area (Å²) >= 11 is 12.9. The van der Waals surface area contributed by atoms with Crippen molar-refractivity contribution in [2.75, 3.05) is 41.9 Å². The van der Waals surface area contributed by atoms with Crippen LogP contribution < -0.4 is 15.4 Å². The molecule has 7 atom stereocenters. The maximum Gasteiger partial charge on any atom is 0.247 e. The molecule has 2 fully saturated rings. The van der Waals surface area contributed by atoms with Gasteiger partial charge in [0.15, 0.2) is 0 Å². The first kappa shape index (κ1) is 55.5. The molecule has 17 heteroatoms. The number of benzene rings is 4. The van der Waals surface area contributed by atoms with Crippen LogP contribution in [0.2, 0.25) is 10.0 Å². The molecule has 2 aliphatic rings. The number of rotatable bonds is 13. The Bertz CT molecular complexity index is 2740. The predicted molar refractivity (Wildman–Crippen MR) is 288 cm³/mol. The van der Waals surface area contributed by atoms with Crippen LogP contribution in [0, 0.1) is 5.92 Å². The number of ether oxygens (including phenoxy) is 2. The molecule has 1 saturated carbocycles. The normalized spacial score (nSPS) is 22.2. The first-order valence-corrected chi connectivity index (χ1v) is 26.1. The standard InChI is InChI=1S/C57H70Cl2N8O7/c1-36(63(3)4)54-60-33-50(65(54)6)40-21-26-46(27-22-40)74-51-31-44(59)25-20-41(51)34-67-37(2)55(70)62-48(35-73-8)57(72)64(5)45(29-39-18-23-43(58)24-19-39)32-52(68)61-47-16-12-13-17-49(47)66(7)56(71)42(30-53(67)69)28-38-14-10-9-11-15-38/h9-11,14-15,18-27,31,33,36-37,42,45,47-49H,12-13,16-17,28-30,32,34-35H2,1-8H3,(H,61,68)(H,62,70)/t36-,37-,42+,45-,47-,48-,49-/m0/s1. The van der Waals surface area contributed by atoms with Gasteiger partial charge in [-0.15, -0.1) is 0 Å². The van der Waals surface area contributed by atoms with Gasteiger partial charge in [-0.3, -0.25) is 28.9 Å². The van der Waals surface area contributed by atoms with E-state index in [1.807, 2.05) is 94.1 Å². The summed E-state index contributed by atoms with van der Waals surface area (Å²) < 4.78 is 14.1. The molecule has 5 amide bonds. The van der Waals surface area contributed by atoms with Crippen LogP contribution >= 0.6 is 23.2 Å². The van der Waals surface area contributed by atoms with Crippen LogP contribution in [0.4, 0.5) is 0 Å². The number of nitrogens with one attached hydrogen (secondary N) is 2. The molecule has 74 heavy (non-hydrogen) atoms. The van der Waals surface area contributed by atoms with E-state index in [1.54, 1.807) is 56.3 Å². The molecule has 4 aromatic carbocycles. The second-order valence-corrected chi connectivity index (χ2v) is 20.9. The molecule has 7 rings (SSSR count). The summed E-state index contributed by atoms with van der Waals surface area (Å²) in [7, 11) is 10.8. The summed E-state index contributed by atoms with van der Waals surface area (Å²) in [6.45, 7) is 3.39. The van der Waals surface area contributed by atoms with Gasteiger partial charge < -0.3 is 39.4 Å². The van der Waals surface area contributed by atoms with Crippen molar-refractivity contribution >= 4 is 52.7 Å². The lowest BCUT2D eigenvalue weighted by atomic mass is 9.87. The number of carbonyl (C=O) groups is 5. The van der Waals surface area contributed by atoms with E-state index < -0.39 is 41.8 Å². The Morgan fingerprint density at radius 3 is 2.15 bits per heavy atom. The summed E-state index contributed by atoms with van der Waals surface area (Å²) in [6, 6.07) is 25.8. The quantitative estimate of drug-likeness (QED) is 0.118. The van der Waals surface area contributed by atoms with E-state index in [-0.39, 0.29) is 62.4 Å². The Morgan fingerprint density at radius 2 is 1.46 bits per heavy atom. The summed E-state index contributed by atoms with van der Waals surface area (Å²) in [5, 5.41) is 7.08. The van der Waals surface area contributed by atoms with Crippen molar-refractivity contribution in [1.82, 2.24) is 39.8 Å². The number of halogens is 2. The lowest BCUT2D eigenvalue weighted by Gasteiger charge is -2.40. The van der Waals surface area contributed by atoms with E-state index in [0.29, 0.717) is 46.4 Å². The summed E-state index contributed by atoms with van der Waals surface area (Å²) in [5.74, 6) is -1.14. The van der Waals surface area contributed by atoms with Crippen LogP contribution in [-0.4, -0.2) is 131 Å². The largest absolute Gasteiger partial charge is 0.457 e. The second kappa shape index (κ2) is 25.3. The van der Waals surface area contributed by atoms with Crippen LogP contribution in [0.15, 0.2) is 103 Å². The third kappa shape index (κ3) is 13.7. The average Bonchev–Trinajstić information content (AvgIpc) is 3.77. The Labute approximate surface area is 445 Å². The van der Waals surface area contributed by atoms with E-state index in [1.165, 1.54) is 16.9 Å². The van der Waals surface area contributed by atoms with E-state index in [2.05, 4.69) is 27.0 Å². The zero-order valence-electron chi connectivity index (χ0n) is 43.7. The number of carbonyl (C=O) groups excluding carboxylic acids is 5. The summed E-state index contributed by atoms with van der Waals surface area (Å²) in [6.07, 6.45) is 5.13. The monoisotopic (exact) mass is 1050 g/mol. The fraction of sp³-hybridized carbons (Fsp3) is 0.439. The number of hydrogen-bond acceptors (Lipinski definition) is 9. The van der Waals surface area contributed by atoms with E-state index in [4.69, 9.17) is 37.7 Å². The number of nitrogens with zero attached hydrogens (tertiary/aromatic N) is 6. The highest BCUT2D eigenvalue weighted by Gasteiger charge is 2.39. The van der Waals surface area contributed by atoms with Crippen LogP contribution in [-0.2, 0) is 55.1 Å². The van der Waals surface area contributed by atoms with Crippen LogP contribution in [0.1, 0.15) is 80.9 Å². The predicted octanol–water partition coefficient (Wildman–Crippen LogP) is 8.27. The minimum atomic E-state index is -1.19. The lowest BCUT2D eigenvalue weighted by Crippen LogP contribution is -2.58. The fourth-order valence-corrected chi connectivity index (χ4v) is 10.4. The number of hydrogen-bond donors (Lipinski definition) is 2. The van der Waals surface area contributed by atoms with Crippen molar-refractivity contribution < 1.29 is 33.4 Å². The Hall–Kier alpha value is -6.26. The van der Waals surface area contributed by atoms with Gasteiger partial charge in [0.25, 0.3) is 0 Å². The molecular weight excluding hydrogens is 980 g/mol. The van der Waals surface area contributed by atoms with Crippen molar-refractivity contribution in [3.8, 4) is 22.8 Å². The first-order chi connectivity index (χ1) is 35.4. The second-order valence-electron chi connectivity index (χ2n) is 20.0. The third-order valence-corrected chi connectivity index (χ3v) is 15.2. The van der Waals surface area contributed by atoms with E-state index >= 15 is 9.59 Å². The Morgan fingerprint density at radius 1 is 0.784 bits per heavy atom. The lowest BCUT2D eigenvalue weighted by molar-refractivity contribution is -0.147. The van der Waals surface area contributed by atoms with Crippen LogP contribution in [0.5, 0.6) is 11.5 Å². The number of aromatic nitrogens is 2. The smallest absolute Gasteiger partial charge is 0.247 e. The van der Waals surface area contributed by atoms with Crippen molar-refractivity contribution in [1.29, 1.82) is 0 Å². The van der Waals surface area contributed by atoms with E-state index in [0.717, 1.165) is 41.1 Å². The number of amides is 5. The molecule has 394 valence electrons. The fourth-order valence-electron chi connectivity index (χ4n) is 10.1. The molecule has 2 heterocycles. The van der Waals surface area contributed by atoms with Gasteiger partial charge in [0.1, 0.15) is 29.4 Å². The van der Waals surface area contributed by atoms with Gasteiger partial charge in [0.2, 0.25) is 29.5 Å². The molecule has 5 aromatic rings. The first-order valence-electron chi connectivity index (χ1n) is 25.4. The molecule has 0 spiro atoms. The van der Waals surface area contributed by atoms with Gasteiger partial charge in [0, 0.05) is 74.4 Å².